The molecule has 0 unspecified atom stereocenters. The summed E-state index contributed by atoms with van der Waals surface area (Å²) in [7, 11) is 1.87. The summed E-state index contributed by atoms with van der Waals surface area (Å²) in [5.41, 5.74) is 2.30. The molecule has 0 atom stereocenters. The second-order valence-corrected chi connectivity index (χ2v) is 10.8. The van der Waals surface area contributed by atoms with Crippen molar-refractivity contribution in [1.82, 2.24) is 14.8 Å². The minimum Gasteiger partial charge on any atom is -0.482 e. The van der Waals surface area contributed by atoms with Crippen molar-refractivity contribution in [3.8, 4) is 5.75 Å². The van der Waals surface area contributed by atoms with E-state index in [2.05, 4.69) is 16.0 Å². The molecule has 9 heteroatoms. The zero-order valence-electron chi connectivity index (χ0n) is 20.1. The molecule has 2 amide bonds. The Balaban J connectivity index is 1.34. The summed E-state index contributed by atoms with van der Waals surface area (Å²) in [6, 6.07) is 7.58. The van der Waals surface area contributed by atoms with E-state index in [1.807, 2.05) is 37.9 Å². The molecule has 1 aliphatic carbocycles. The number of ether oxygens (including phenoxy) is 1. The van der Waals surface area contributed by atoms with Crippen molar-refractivity contribution >= 4 is 23.3 Å². The van der Waals surface area contributed by atoms with Gasteiger partial charge in [0.1, 0.15) is 5.60 Å². The number of pyridine rings is 1. The van der Waals surface area contributed by atoms with E-state index in [1.54, 1.807) is 6.07 Å². The molecule has 2 aromatic rings. The second-order valence-electron chi connectivity index (χ2n) is 10.8. The molecule has 4 heterocycles. The minimum atomic E-state index is -2.72. The average Bonchev–Trinajstić information content (AvgIpc) is 3.59. The molecule has 3 aliphatic heterocycles. The van der Waals surface area contributed by atoms with Gasteiger partial charge in [0.2, 0.25) is 0 Å². The lowest BCUT2D eigenvalue weighted by atomic mass is 10.00. The highest BCUT2D eigenvalue weighted by molar-refractivity contribution is 6.01. The van der Waals surface area contributed by atoms with Crippen LogP contribution < -0.4 is 9.64 Å². The maximum Gasteiger partial charge on any atom is 0.255 e. The van der Waals surface area contributed by atoms with Gasteiger partial charge in [0, 0.05) is 50.4 Å². The summed E-state index contributed by atoms with van der Waals surface area (Å²) in [6.45, 7) is 4.52. The molecule has 1 saturated heterocycles. The standard InChI is InChI=1S/C26H28F2N4O3/c1-24(2)15-32(17-4-5-18-19(13-17)25(6-7-25)30(3)23(18)34)21-20(35-24)12-16(14-29-21)22(33)31-10-8-26(27,28)9-11-31/h4-5,12-14H,6-11,15H2,1-3H3. The number of carbonyl (C=O) groups excluding carboxylic acids is 2. The molecule has 0 bridgehead atoms. The van der Waals surface area contributed by atoms with Crippen molar-refractivity contribution in [2.75, 3.05) is 31.6 Å². The topological polar surface area (TPSA) is 66.0 Å². The fourth-order valence-corrected chi connectivity index (χ4v) is 5.60. The maximum absolute atomic E-state index is 13.5. The molecule has 1 saturated carbocycles. The highest BCUT2D eigenvalue weighted by Crippen LogP contribution is 2.56. The van der Waals surface area contributed by atoms with Gasteiger partial charge in [-0.1, -0.05) is 0 Å². The van der Waals surface area contributed by atoms with E-state index in [0.717, 1.165) is 29.7 Å². The number of rotatable bonds is 2. The first-order valence-corrected chi connectivity index (χ1v) is 12.1. The third kappa shape index (κ3) is 3.46. The fourth-order valence-electron chi connectivity index (χ4n) is 5.60. The van der Waals surface area contributed by atoms with Gasteiger partial charge in [0.15, 0.2) is 11.6 Å². The van der Waals surface area contributed by atoms with E-state index < -0.39 is 11.5 Å². The van der Waals surface area contributed by atoms with Crippen LogP contribution in [0.5, 0.6) is 5.75 Å². The Kier molecular flexibility index (Phi) is 4.54. The SMILES string of the molecule is CN1C(=O)c2ccc(N3CC(C)(C)Oc4cc(C(=O)N5CCC(F)(F)CC5)cnc43)cc2C12CC2. The Labute approximate surface area is 202 Å². The number of piperidine rings is 1. The van der Waals surface area contributed by atoms with Crippen LogP contribution in [0.4, 0.5) is 20.3 Å². The van der Waals surface area contributed by atoms with Crippen LogP contribution in [0.15, 0.2) is 30.5 Å². The predicted octanol–water partition coefficient (Wildman–Crippen LogP) is 4.34. The predicted molar refractivity (Wildman–Crippen MR) is 125 cm³/mol. The van der Waals surface area contributed by atoms with Gasteiger partial charge in [-0.2, -0.15) is 0 Å². The van der Waals surface area contributed by atoms with Crippen molar-refractivity contribution in [2.24, 2.45) is 0 Å². The van der Waals surface area contributed by atoms with E-state index in [4.69, 9.17) is 4.74 Å². The van der Waals surface area contributed by atoms with Gasteiger partial charge in [-0.05, 0) is 56.5 Å². The molecule has 4 aliphatic rings. The second kappa shape index (κ2) is 7.15. The van der Waals surface area contributed by atoms with Crippen LogP contribution >= 0.6 is 0 Å². The smallest absolute Gasteiger partial charge is 0.255 e. The number of benzene rings is 1. The van der Waals surface area contributed by atoms with Gasteiger partial charge in [-0.15, -0.1) is 0 Å². The average molecular weight is 483 g/mol. The minimum absolute atomic E-state index is 0.0193. The summed E-state index contributed by atoms with van der Waals surface area (Å²) in [5.74, 6) is -1.90. The van der Waals surface area contributed by atoms with Gasteiger partial charge < -0.3 is 19.4 Å². The number of likely N-dealkylation sites (tertiary alicyclic amines) is 1. The number of anilines is 2. The molecular formula is C26H28F2N4O3. The molecule has 7 nitrogen and oxygen atoms in total. The summed E-state index contributed by atoms with van der Waals surface area (Å²) < 4.78 is 33.3. The largest absolute Gasteiger partial charge is 0.482 e. The summed E-state index contributed by atoms with van der Waals surface area (Å²) >= 11 is 0. The van der Waals surface area contributed by atoms with Crippen LogP contribution in [0, 0.1) is 0 Å². The molecule has 35 heavy (non-hydrogen) atoms. The van der Waals surface area contributed by atoms with E-state index >= 15 is 0 Å². The van der Waals surface area contributed by atoms with E-state index in [1.165, 1.54) is 11.1 Å². The van der Waals surface area contributed by atoms with Crippen LogP contribution in [0.2, 0.25) is 0 Å². The summed E-state index contributed by atoms with van der Waals surface area (Å²) in [6.07, 6.45) is 2.76. The Morgan fingerprint density at radius 1 is 1.09 bits per heavy atom. The van der Waals surface area contributed by atoms with Crippen LogP contribution in [0.25, 0.3) is 0 Å². The number of hydrogen-bond donors (Lipinski definition) is 0. The zero-order chi connectivity index (χ0) is 24.8. The van der Waals surface area contributed by atoms with Crippen LogP contribution in [-0.4, -0.2) is 64.8 Å². The lowest BCUT2D eigenvalue weighted by Crippen LogP contribution is -2.45. The molecule has 2 fully saturated rings. The van der Waals surface area contributed by atoms with Gasteiger partial charge in [0.05, 0.1) is 17.6 Å². The van der Waals surface area contributed by atoms with Crippen LogP contribution in [0.3, 0.4) is 0 Å². The zero-order valence-corrected chi connectivity index (χ0v) is 20.1. The summed E-state index contributed by atoms with van der Waals surface area (Å²) in [5, 5.41) is 0. The van der Waals surface area contributed by atoms with Crippen molar-refractivity contribution in [3.63, 3.8) is 0 Å². The van der Waals surface area contributed by atoms with Crippen molar-refractivity contribution in [1.29, 1.82) is 0 Å². The lowest BCUT2D eigenvalue weighted by Gasteiger charge is -2.40. The Morgan fingerprint density at radius 2 is 1.80 bits per heavy atom. The normalized spacial score (nSPS) is 23.1. The van der Waals surface area contributed by atoms with Gasteiger partial charge in [-0.25, -0.2) is 13.8 Å². The first-order chi connectivity index (χ1) is 16.5. The van der Waals surface area contributed by atoms with Gasteiger partial charge >= 0.3 is 0 Å². The number of aromatic nitrogens is 1. The molecule has 6 rings (SSSR count). The van der Waals surface area contributed by atoms with Crippen LogP contribution in [-0.2, 0) is 5.54 Å². The Hall–Kier alpha value is -3.23. The van der Waals surface area contributed by atoms with Crippen LogP contribution in [0.1, 0.15) is 65.8 Å². The first kappa shape index (κ1) is 22.2. The number of alkyl halides is 2. The third-order valence-corrected chi connectivity index (χ3v) is 7.76. The molecule has 1 aromatic heterocycles. The van der Waals surface area contributed by atoms with E-state index in [-0.39, 0.29) is 43.3 Å². The number of amides is 2. The highest BCUT2D eigenvalue weighted by atomic mass is 19.3. The van der Waals surface area contributed by atoms with Gasteiger partial charge in [0.25, 0.3) is 17.7 Å². The first-order valence-electron chi connectivity index (χ1n) is 12.1. The fraction of sp³-hybridized carbons (Fsp3) is 0.500. The number of halogens is 2. The summed E-state index contributed by atoms with van der Waals surface area (Å²) in [4.78, 5) is 35.7. The Morgan fingerprint density at radius 3 is 2.49 bits per heavy atom. The quantitative estimate of drug-likeness (QED) is 0.637. The molecule has 1 aromatic carbocycles. The number of hydrogen-bond acceptors (Lipinski definition) is 5. The number of nitrogens with zero attached hydrogens (tertiary/aromatic N) is 4. The number of carbonyl (C=O) groups is 2. The number of fused-ring (bicyclic) bond motifs is 3. The van der Waals surface area contributed by atoms with E-state index in [9.17, 15) is 18.4 Å². The molecular weight excluding hydrogens is 454 g/mol. The van der Waals surface area contributed by atoms with Crippen molar-refractivity contribution in [2.45, 2.75) is 56.6 Å². The highest BCUT2D eigenvalue weighted by Gasteiger charge is 2.56. The molecule has 1 spiro atoms. The third-order valence-electron chi connectivity index (χ3n) is 7.76. The Bertz CT molecular complexity index is 1250. The monoisotopic (exact) mass is 482 g/mol. The van der Waals surface area contributed by atoms with Gasteiger partial charge in [-0.3, -0.25) is 9.59 Å². The van der Waals surface area contributed by atoms with Crippen molar-refractivity contribution in [3.05, 3.63) is 47.2 Å². The molecule has 184 valence electrons. The lowest BCUT2D eigenvalue weighted by molar-refractivity contribution is -0.0494. The van der Waals surface area contributed by atoms with E-state index in [0.29, 0.717) is 23.7 Å². The maximum atomic E-state index is 13.5. The van der Waals surface area contributed by atoms with Crippen molar-refractivity contribution < 1.29 is 23.1 Å². The molecule has 0 N–H and O–H groups in total. The molecule has 0 radical (unpaired) electrons.